The minimum Gasteiger partial charge on any atom is -0.398 e. The van der Waals surface area contributed by atoms with Gasteiger partial charge in [-0.3, -0.25) is 4.79 Å². The Kier molecular flexibility index (Phi) is 2.47. The maximum absolute atomic E-state index is 12.7. The zero-order valence-electron chi connectivity index (χ0n) is 6.40. The van der Waals surface area contributed by atoms with Crippen molar-refractivity contribution in [3.63, 3.8) is 0 Å². The highest BCUT2D eigenvalue weighted by molar-refractivity contribution is 9.10. The summed E-state index contributed by atoms with van der Waals surface area (Å²) in [5, 5.41) is 0. The summed E-state index contributed by atoms with van der Waals surface area (Å²) in [5.74, 6) is -0.714. The van der Waals surface area contributed by atoms with Crippen molar-refractivity contribution < 1.29 is 9.18 Å². The maximum Gasteiger partial charge on any atom is 0.161 e. The molecule has 0 aliphatic rings. The lowest BCUT2D eigenvalue weighted by Crippen LogP contribution is -1.98. The van der Waals surface area contributed by atoms with Gasteiger partial charge in [-0.25, -0.2) is 4.39 Å². The van der Waals surface area contributed by atoms with Crippen LogP contribution in [0.4, 0.5) is 10.1 Å². The molecule has 1 rings (SSSR count). The maximum atomic E-state index is 12.7. The summed E-state index contributed by atoms with van der Waals surface area (Å²) in [6.07, 6.45) is 0. The number of carbonyl (C=O) groups excluding carboxylic acids is 1. The van der Waals surface area contributed by atoms with Crippen LogP contribution in [0.15, 0.2) is 16.6 Å². The molecular formula is C8H7BrFNO. The lowest BCUT2D eigenvalue weighted by Gasteiger charge is -2.03. The van der Waals surface area contributed by atoms with Crippen LogP contribution in [0.5, 0.6) is 0 Å². The Morgan fingerprint density at radius 3 is 2.67 bits per heavy atom. The summed E-state index contributed by atoms with van der Waals surface area (Å²) in [4.78, 5) is 10.9. The predicted molar refractivity (Wildman–Crippen MR) is 48.5 cm³/mol. The Bertz CT molecular complexity index is 338. The quantitative estimate of drug-likeness (QED) is 0.596. The van der Waals surface area contributed by atoms with Crippen molar-refractivity contribution in [1.29, 1.82) is 0 Å². The van der Waals surface area contributed by atoms with Crippen molar-refractivity contribution in [3.05, 3.63) is 28.0 Å². The van der Waals surface area contributed by atoms with E-state index in [2.05, 4.69) is 15.9 Å². The summed E-state index contributed by atoms with van der Waals surface area (Å²) < 4.78 is 13.2. The third-order valence-electron chi connectivity index (χ3n) is 1.44. The van der Waals surface area contributed by atoms with Crippen LogP contribution in [0.3, 0.4) is 0 Å². The van der Waals surface area contributed by atoms with E-state index in [0.717, 1.165) is 12.1 Å². The Morgan fingerprint density at radius 2 is 2.17 bits per heavy atom. The number of rotatable bonds is 1. The topological polar surface area (TPSA) is 43.1 Å². The molecule has 4 heteroatoms. The van der Waals surface area contributed by atoms with Crippen molar-refractivity contribution in [3.8, 4) is 0 Å². The normalized spacial score (nSPS) is 9.92. The average molecular weight is 232 g/mol. The summed E-state index contributed by atoms with van der Waals surface area (Å²) >= 11 is 3.10. The smallest absolute Gasteiger partial charge is 0.161 e. The van der Waals surface area contributed by atoms with E-state index in [1.165, 1.54) is 6.92 Å². The molecule has 1 aromatic carbocycles. The molecule has 0 bridgehead atoms. The fraction of sp³-hybridized carbons (Fsp3) is 0.125. The van der Waals surface area contributed by atoms with Gasteiger partial charge in [0.2, 0.25) is 0 Å². The van der Waals surface area contributed by atoms with Crippen molar-refractivity contribution in [2.45, 2.75) is 6.92 Å². The molecule has 0 fully saturated rings. The number of carbonyl (C=O) groups is 1. The number of nitrogen functional groups attached to an aromatic ring is 1. The molecule has 2 N–H and O–H groups in total. The molecule has 0 heterocycles. The second-order valence-corrected chi connectivity index (χ2v) is 3.21. The van der Waals surface area contributed by atoms with Gasteiger partial charge in [0.05, 0.1) is 4.47 Å². The zero-order chi connectivity index (χ0) is 9.30. The number of Topliss-reactive ketones (excluding diaryl/α,β-unsaturated/α-hetero) is 1. The van der Waals surface area contributed by atoms with E-state index in [1.807, 2.05) is 0 Å². The molecule has 0 aliphatic carbocycles. The van der Waals surface area contributed by atoms with Crippen molar-refractivity contribution in [2.75, 3.05) is 5.73 Å². The van der Waals surface area contributed by atoms with Crippen molar-refractivity contribution >= 4 is 27.4 Å². The minimum absolute atomic E-state index is 0.215. The van der Waals surface area contributed by atoms with Gasteiger partial charge in [-0.15, -0.1) is 0 Å². The lowest BCUT2D eigenvalue weighted by molar-refractivity contribution is 0.101. The first-order chi connectivity index (χ1) is 5.52. The minimum atomic E-state index is -0.499. The van der Waals surface area contributed by atoms with Gasteiger partial charge in [0.15, 0.2) is 5.78 Å². The number of anilines is 1. The van der Waals surface area contributed by atoms with Gasteiger partial charge in [0.1, 0.15) is 5.82 Å². The number of benzene rings is 1. The van der Waals surface area contributed by atoms with E-state index in [-0.39, 0.29) is 17.0 Å². The Balaban J connectivity index is 3.37. The Hall–Kier alpha value is -0.900. The molecule has 0 spiro atoms. The van der Waals surface area contributed by atoms with E-state index in [4.69, 9.17) is 5.73 Å². The lowest BCUT2D eigenvalue weighted by atomic mass is 10.1. The second-order valence-electron chi connectivity index (χ2n) is 2.41. The first-order valence-electron chi connectivity index (χ1n) is 3.28. The van der Waals surface area contributed by atoms with Crippen LogP contribution in [0.25, 0.3) is 0 Å². The van der Waals surface area contributed by atoms with Crippen LogP contribution in [0, 0.1) is 5.82 Å². The average Bonchev–Trinajstić information content (AvgIpc) is 1.96. The molecule has 0 saturated carbocycles. The summed E-state index contributed by atoms with van der Waals surface area (Å²) in [5.41, 5.74) is 5.93. The van der Waals surface area contributed by atoms with E-state index in [9.17, 15) is 9.18 Å². The van der Waals surface area contributed by atoms with Crippen LogP contribution in [0.2, 0.25) is 0 Å². The van der Waals surface area contributed by atoms with Gasteiger partial charge in [0, 0.05) is 11.3 Å². The zero-order valence-corrected chi connectivity index (χ0v) is 7.98. The van der Waals surface area contributed by atoms with E-state index in [1.54, 1.807) is 0 Å². The number of hydrogen-bond acceptors (Lipinski definition) is 2. The van der Waals surface area contributed by atoms with Gasteiger partial charge in [-0.2, -0.15) is 0 Å². The van der Waals surface area contributed by atoms with Gasteiger partial charge < -0.3 is 5.73 Å². The Labute approximate surface area is 77.7 Å². The predicted octanol–water partition coefficient (Wildman–Crippen LogP) is 2.37. The van der Waals surface area contributed by atoms with Crippen LogP contribution < -0.4 is 5.73 Å². The largest absolute Gasteiger partial charge is 0.398 e. The third-order valence-corrected chi connectivity index (χ3v) is 2.33. The molecule has 0 saturated heterocycles. The molecule has 0 aromatic heterocycles. The SMILES string of the molecule is CC(=O)c1cc(F)cc(N)c1Br. The molecule has 0 unspecified atom stereocenters. The van der Waals surface area contributed by atoms with E-state index in [0.29, 0.717) is 4.47 Å². The monoisotopic (exact) mass is 231 g/mol. The summed E-state index contributed by atoms with van der Waals surface area (Å²) in [6, 6.07) is 2.32. The van der Waals surface area contributed by atoms with Gasteiger partial charge in [-0.05, 0) is 35.0 Å². The van der Waals surface area contributed by atoms with Crippen molar-refractivity contribution in [2.24, 2.45) is 0 Å². The van der Waals surface area contributed by atoms with Gasteiger partial charge in [0.25, 0.3) is 0 Å². The molecule has 0 radical (unpaired) electrons. The fourth-order valence-corrected chi connectivity index (χ4v) is 1.37. The highest BCUT2D eigenvalue weighted by atomic mass is 79.9. The first-order valence-corrected chi connectivity index (χ1v) is 4.07. The standard InChI is InChI=1S/C8H7BrFNO/c1-4(12)6-2-5(10)3-7(11)8(6)9/h2-3H,11H2,1H3. The molecular weight excluding hydrogens is 225 g/mol. The van der Waals surface area contributed by atoms with Crippen molar-refractivity contribution in [1.82, 2.24) is 0 Å². The molecule has 64 valence electrons. The third kappa shape index (κ3) is 1.64. The van der Waals surface area contributed by atoms with Gasteiger partial charge >= 0.3 is 0 Å². The number of ketones is 1. The molecule has 1 aromatic rings. The highest BCUT2D eigenvalue weighted by Crippen LogP contribution is 2.25. The molecule has 2 nitrogen and oxygen atoms in total. The number of halogens is 2. The van der Waals surface area contributed by atoms with Crippen LogP contribution in [0.1, 0.15) is 17.3 Å². The number of nitrogens with two attached hydrogens (primary N) is 1. The first kappa shape index (κ1) is 9.19. The van der Waals surface area contributed by atoms with Crippen LogP contribution in [-0.4, -0.2) is 5.78 Å². The van der Waals surface area contributed by atoms with Crippen LogP contribution in [-0.2, 0) is 0 Å². The second kappa shape index (κ2) is 3.23. The molecule has 0 amide bonds. The summed E-state index contributed by atoms with van der Waals surface area (Å²) in [6.45, 7) is 1.36. The Morgan fingerprint density at radius 1 is 1.58 bits per heavy atom. The molecule has 0 aliphatic heterocycles. The molecule has 12 heavy (non-hydrogen) atoms. The van der Waals surface area contributed by atoms with Gasteiger partial charge in [-0.1, -0.05) is 0 Å². The number of hydrogen-bond donors (Lipinski definition) is 1. The molecule has 0 atom stereocenters. The highest BCUT2D eigenvalue weighted by Gasteiger charge is 2.09. The van der Waals surface area contributed by atoms with E-state index >= 15 is 0 Å². The fourth-order valence-electron chi connectivity index (χ4n) is 0.867. The van der Waals surface area contributed by atoms with E-state index < -0.39 is 5.82 Å². The van der Waals surface area contributed by atoms with Crippen LogP contribution >= 0.6 is 15.9 Å². The summed E-state index contributed by atoms with van der Waals surface area (Å²) in [7, 11) is 0.